The summed E-state index contributed by atoms with van der Waals surface area (Å²) < 4.78 is 2.42. The molecular weight excluding hydrogens is 558 g/mol. The average Bonchev–Trinajstić information content (AvgIpc) is 3.35. The van der Waals surface area contributed by atoms with Crippen LogP contribution in [0.15, 0.2) is 158 Å². The van der Waals surface area contributed by atoms with Crippen molar-refractivity contribution in [2.45, 2.75) is 6.42 Å². The molecule has 0 saturated carbocycles. The molecule has 0 saturated heterocycles. The lowest BCUT2D eigenvalue weighted by Gasteiger charge is -2.15. The lowest BCUT2D eigenvalue weighted by atomic mass is 9.94. The summed E-state index contributed by atoms with van der Waals surface area (Å²) in [5.41, 5.74) is 13.6. The second kappa shape index (κ2) is 10.8. The Labute approximate surface area is 267 Å². The number of allylic oxidation sites excluding steroid dienone is 1. The van der Waals surface area contributed by atoms with Gasteiger partial charge in [0.25, 0.3) is 0 Å². The predicted octanol–water partition coefficient (Wildman–Crippen LogP) is 10.8. The molecule has 8 aromatic rings. The molecule has 0 fully saturated rings. The fraction of sp³-hybridized carbons (Fsp3) is 0.0233. The monoisotopic (exact) mass is 587 g/mol. The van der Waals surface area contributed by atoms with E-state index in [-0.39, 0.29) is 0 Å². The average molecular weight is 588 g/mol. The van der Waals surface area contributed by atoms with Gasteiger partial charge in [0, 0.05) is 38.7 Å². The summed E-state index contributed by atoms with van der Waals surface area (Å²) in [4.78, 5) is 10.2. The molecule has 0 bridgehead atoms. The van der Waals surface area contributed by atoms with Gasteiger partial charge in [0.15, 0.2) is 5.82 Å². The number of hydrogen-bond donors (Lipinski definition) is 0. The molecule has 9 rings (SSSR count). The van der Waals surface area contributed by atoms with E-state index in [1.165, 1.54) is 44.1 Å². The van der Waals surface area contributed by atoms with Crippen LogP contribution in [0.3, 0.4) is 0 Å². The third kappa shape index (κ3) is 4.36. The highest BCUT2D eigenvalue weighted by Crippen LogP contribution is 2.41. The number of para-hydroxylation sites is 1. The molecule has 6 aromatic carbocycles. The van der Waals surface area contributed by atoms with Gasteiger partial charge in [-0.25, -0.2) is 9.97 Å². The van der Waals surface area contributed by atoms with Gasteiger partial charge in [-0.15, -0.1) is 0 Å². The molecule has 216 valence electrons. The molecule has 46 heavy (non-hydrogen) atoms. The van der Waals surface area contributed by atoms with E-state index < -0.39 is 0 Å². The second-order valence-electron chi connectivity index (χ2n) is 11.8. The van der Waals surface area contributed by atoms with Crippen molar-refractivity contribution in [3.05, 3.63) is 169 Å². The van der Waals surface area contributed by atoms with Crippen LogP contribution in [0, 0.1) is 0 Å². The smallest absolute Gasteiger partial charge is 0.160 e. The number of hydrogen-bond acceptors (Lipinski definition) is 2. The Hall–Kier alpha value is -6.06. The van der Waals surface area contributed by atoms with Crippen molar-refractivity contribution in [3.63, 3.8) is 0 Å². The second-order valence-corrected chi connectivity index (χ2v) is 11.8. The number of nitrogens with zero attached hydrogens (tertiary/aromatic N) is 3. The van der Waals surface area contributed by atoms with Crippen molar-refractivity contribution in [2.24, 2.45) is 0 Å². The molecule has 2 heterocycles. The molecule has 0 aliphatic heterocycles. The van der Waals surface area contributed by atoms with Crippen LogP contribution < -0.4 is 0 Å². The van der Waals surface area contributed by atoms with Crippen LogP contribution in [-0.2, 0) is 6.42 Å². The van der Waals surface area contributed by atoms with Gasteiger partial charge in [0.1, 0.15) is 0 Å². The highest BCUT2D eigenvalue weighted by atomic mass is 15.0. The van der Waals surface area contributed by atoms with E-state index in [1.807, 2.05) is 12.1 Å². The standard InChI is InChI=1S/C43H29N3/c1-3-14-30(15-4-1)39-28-40(31-16-5-2-6-17-31)45-43(44-39)32-19-11-20-33(27-32)46-41-24-10-9-22-36(41)38-26-25-35-34-21-8-7-13-29(34)18-12-23-37(35)42(38)46/h1-17,19-28H,18H2. The van der Waals surface area contributed by atoms with Crippen LogP contribution in [0.5, 0.6) is 0 Å². The Morgan fingerprint density at radius 3 is 1.96 bits per heavy atom. The zero-order valence-electron chi connectivity index (χ0n) is 25.1. The molecule has 2 aromatic heterocycles. The molecule has 3 nitrogen and oxygen atoms in total. The van der Waals surface area contributed by atoms with E-state index in [9.17, 15) is 0 Å². The van der Waals surface area contributed by atoms with E-state index in [4.69, 9.17) is 9.97 Å². The molecule has 3 heteroatoms. The number of aromatic nitrogens is 3. The first-order chi connectivity index (χ1) is 22.8. The maximum absolute atomic E-state index is 5.12. The quantitative estimate of drug-likeness (QED) is 0.205. The number of fused-ring (bicyclic) bond motifs is 7. The first-order valence-electron chi connectivity index (χ1n) is 15.7. The van der Waals surface area contributed by atoms with Crippen LogP contribution in [-0.4, -0.2) is 14.5 Å². The van der Waals surface area contributed by atoms with Gasteiger partial charge in [0.2, 0.25) is 0 Å². The largest absolute Gasteiger partial charge is 0.309 e. The van der Waals surface area contributed by atoms with Crippen molar-refractivity contribution >= 4 is 27.9 Å². The summed E-state index contributed by atoms with van der Waals surface area (Å²) in [5.74, 6) is 0.704. The molecule has 0 N–H and O–H groups in total. The zero-order valence-corrected chi connectivity index (χ0v) is 25.1. The normalized spacial score (nSPS) is 12.2. The molecule has 1 aliphatic carbocycles. The lowest BCUT2D eigenvalue weighted by molar-refractivity contribution is 1.16. The summed E-state index contributed by atoms with van der Waals surface area (Å²) in [6.07, 6.45) is 5.53. The molecule has 0 spiro atoms. The molecule has 0 radical (unpaired) electrons. The molecule has 0 atom stereocenters. The van der Waals surface area contributed by atoms with Gasteiger partial charge < -0.3 is 4.57 Å². The SMILES string of the molecule is C1=Cc2c(ccc3c4ccccc4n(-c4cccc(-c5nc(-c6ccccc6)cc(-c6ccccc6)n5)c4)c23)-c2ccccc2C1. The van der Waals surface area contributed by atoms with Crippen LogP contribution in [0.1, 0.15) is 11.1 Å². The van der Waals surface area contributed by atoms with Gasteiger partial charge >= 0.3 is 0 Å². The molecule has 0 amide bonds. The molecule has 0 unspecified atom stereocenters. The van der Waals surface area contributed by atoms with Crippen LogP contribution in [0.2, 0.25) is 0 Å². The third-order valence-corrected chi connectivity index (χ3v) is 9.03. The van der Waals surface area contributed by atoms with E-state index in [1.54, 1.807) is 0 Å². The van der Waals surface area contributed by atoms with Crippen molar-refractivity contribution in [1.29, 1.82) is 0 Å². The Morgan fingerprint density at radius 2 is 1.17 bits per heavy atom. The van der Waals surface area contributed by atoms with Crippen molar-refractivity contribution < 1.29 is 0 Å². The van der Waals surface area contributed by atoms with Crippen LogP contribution in [0.25, 0.3) is 78.6 Å². The lowest BCUT2D eigenvalue weighted by Crippen LogP contribution is -1.99. The van der Waals surface area contributed by atoms with Crippen LogP contribution >= 0.6 is 0 Å². The van der Waals surface area contributed by atoms with Gasteiger partial charge in [-0.05, 0) is 47.4 Å². The van der Waals surface area contributed by atoms with E-state index in [2.05, 4.69) is 156 Å². The summed E-state index contributed by atoms with van der Waals surface area (Å²) in [5, 5.41) is 2.49. The van der Waals surface area contributed by atoms with Crippen molar-refractivity contribution in [3.8, 4) is 50.7 Å². The third-order valence-electron chi connectivity index (χ3n) is 9.03. The number of benzene rings is 6. The molecule has 1 aliphatic rings. The van der Waals surface area contributed by atoms with Gasteiger partial charge in [-0.1, -0.05) is 140 Å². The zero-order chi connectivity index (χ0) is 30.5. The van der Waals surface area contributed by atoms with Crippen LogP contribution in [0.4, 0.5) is 0 Å². The summed E-state index contributed by atoms with van der Waals surface area (Å²) in [6, 6.07) is 53.5. The molecular formula is C43H29N3. The fourth-order valence-electron chi connectivity index (χ4n) is 6.89. The maximum atomic E-state index is 5.12. The topological polar surface area (TPSA) is 30.7 Å². The number of rotatable bonds is 4. The minimum atomic E-state index is 0.704. The van der Waals surface area contributed by atoms with E-state index >= 15 is 0 Å². The van der Waals surface area contributed by atoms with E-state index in [0.29, 0.717) is 5.82 Å². The predicted molar refractivity (Wildman–Crippen MR) is 191 cm³/mol. The van der Waals surface area contributed by atoms with Gasteiger partial charge in [0.05, 0.1) is 22.4 Å². The van der Waals surface area contributed by atoms with Gasteiger partial charge in [-0.2, -0.15) is 0 Å². The highest BCUT2D eigenvalue weighted by molar-refractivity contribution is 6.13. The minimum Gasteiger partial charge on any atom is -0.309 e. The first kappa shape index (κ1) is 26.4. The van der Waals surface area contributed by atoms with Crippen molar-refractivity contribution in [1.82, 2.24) is 14.5 Å². The summed E-state index contributed by atoms with van der Waals surface area (Å²) in [6.45, 7) is 0. The van der Waals surface area contributed by atoms with E-state index in [0.717, 1.165) is 40.2 Å². The highest BCUT2D eigenvalue weighted by Gasteiger charge is 2.20. The first-order valence-corrected chi connectivity index (χ1v) is 15.7. The van der Waals surface area contributed by atoms with Gasteiger partial charge in [-0.3, -0.25) is 0 Å². The Bertz CT molecular complexity index is 2380. The maximum Gasteiger partial charge on any atom is 0.160 e. The Balaban J connectivity index is 1.29. The summed E-state index contributed by atoms with van der Waals surface area (Å²) >= 11 is 0. The fourth-order valence-corrected chi connectivity index (χ4v) is 6.89. The Kier molecular flexibility index (Phi) is 6.20. The summed E-state index contributed by atoms with van der Waals surface area (Å²) in [7, 11) is 0. The Morgan fingerprint density at radius 1 is 0.500 bits per heavy atom. The van der Waals surface area contributed by atoms with Crippen molar-refractivity contribution in [2.75, 3.05) is 0 Å². The minimum absolute atomic E-state index is 0.704.